The third-order valence-corrected chi connectivity index (χ3v) is 2.04. The summed E-state index contributed by atoms with van der Waals surface area (Å²) >= 11 is 0. The van der Waals surface area contributed by atoms with Crippen molar-refractivity contribution in [1.29, 1.82) is 0 Å². The number of amides is 2. The van der Waals surface area contributed by atoms with Crippen molar-refractivity contribution < 1.29 is 22.8 Å². The molecule has 1 aliphatic rings. The van der Waals surface area contributed by atoms with Crippen LogP contribution in [0.3, 0.4) is 0 Å². The van der Waals surface area contributed by atoms with Crippen LogP contribution in [-0.2, 0) is 9.59 Å². The van der Waals surface area contributed by atoms with E-state index in [1.54, 1.807) is 0 Å². The van der Waals surface area contributed by atoms with Gasteiger partial charge in [-0.15, -0.1) is 0 Å². The van der Waals surface area contributed by atoms with Crippen LogP contribution in [0.1, 0.15) is 13.3 Å². The molecular formula is C8H11F3N2O2. The Kier molecular flexibility index (Phi) is 3.21. The maximum atomic E-state index is 12.1. The average molecular weight is 224 g/mol. The highest BCUT2D eigenvalue weighted by Gasteiger charge is 2.36. The van der Waals surface area contributed by atoms with Gasteiger partial charge in [0.25, 0.3) is 0 Å². The molecule has 86 valence electrons. The number of rotatable bonds is 1. The first-order valence-corrected chi connectivity index (χ1v) is 4.44. The topological polar surface area (TPSA) is 49.4 Å². The molecule has 4 nitrogen and oxygen atoms in total. The second kappa shape index (κ2) is 4.08. The Morgan fingerprint density at radius 3 is 2.60 bits per heavy atom. The zero-order chi connectivity index (χ0) is 11.6. The van der Waals surface area contributed by atoms with E-state index in [9.17, 15) is 22.8 Å². The number of nitrogens with zero attached hydrogens (tertiary/aromatic N) is 1. The van der Waals surface area contributed by atoms with Crippen molar-refractivity contribution >= 4 is 11.8 Å². The Labute approximate surface area is 84.4 Å². The molecule has 0 aromatic heterocycles. The summed E-state index contributed by atoms with van der Waals surface area (Å²) < 4.78 is 36.2. The molecule has 1 N–H and O–H groups in total. The standard InChI is InChI=1S/C8H11F3N2O2/c1-5-7(15)13(4-8(9,10)11)3-2-6(14)12-5/h5H,2-4H2,1H3,(H,12,14). The van der Waals surface area contributed by atoms with Gasteiger partial charge in [0.2, 0.25) is 11.8 Å². The molecule has 1 rings (SSSR count). The molecule has 2 amide bonds. The molecule has 0 bridgehead atoms. The van der Waals surface area contributed by atoms with Crippen molar-refractivity contribution in [1.82, 2.24) is 10.2 Å². The SMILES string of the molecule is CC1NC(=O)CCN(CC(F)(F)F)C1=O. The summed E-state index contributed by atoms with van der Waals surface area (Å²) in [6.07, 6.45) is -4.52. The van der Waals surface area contributed by atoms with Gasteiger partial charge in [0.1, 0.15) is 12.6 Å². The number of alkyl halides is 3. The number of hydrogen-bond acceptors (Lipinski definition) is 2. The van der Waals surface area contributed by atoms with Crippen LogP contribution in [0.25, 0.3) is 0 Å². The van der Waals surface area contributed by atoms with Crippen molar-refractivity contribution in [2.24, 2.45) is 0 Å². The van der Waals surface area contributed by atoms with Crippen LogP contribution in [-0.4, -0.2) is 42.0 Å². The summed E-state index contributed by atoms with van der Waals surface area (Å²) in [5.74, 6) is -1.10. The monoisotopic (exact) mass is 224 g/mol. The van der Waals surface area contributed by atoms with Gasteiger partial charge in [0.05, 0.1) is 0 Å². The predicted molar refractivity (Wildman–Crippen MR) is 44.9 cm³/mol. The maximum absolute atomic E-state index is 12.1. The predicted octanol–water partition coefficient (Wildman–Crippen LogP) is 0.286. The van der Waals surface area contributed by atoms with Gasteiger partial charge in [-0.2, -0.15) is 13.2 Å². The molecule has 1 aliphatic heterocycles. The first-order chi connectivity index (χ1) is 6.79. The average Bonchev–Trinajstić information content (AvgIpc) is 2.17. The van der Waals surface area contributed by atoms with Gasteiger partial charge in [-0.3, -0.25) is 9.59 Å². The third-order valence-electron chi connectivity index (χ3n) is 2.04. The van der Waals surface area contributed by atoms with Gasteiger partial charge in [0.15, 0.2) is 0 Å². The minimum Gasteiger partial charge on any atom is -0.345 e. The van der Waals surface area contributed by atoms with Gasteiger partial charge in [-0.1, -0.05) is 0 Å². The fraction of sp³-hybridized carbons (Fsp3) is 0.750. The largest absolute Gasteiger partial charge is 0.406 e. The Morgan fingerprint density at radius 2 is 2.07 bits per heavy atom. The van der Waals surface area contributed by atoms with Gasteiger partial charge < -0.3 is 10.2 Å². The molecule has 0 radical (unpaired) electrons. The summed E-state index contributed by atoms with van der Waals surface area (Å²) in [7, 11) is 0. The zero-order valence-electron chi connectivity index (χ0n) is 8.10. The smallest absolute Gasteiger partial charge is 0.345 e. The first kappa shape index (κ1) is 11.8. The van der Waals surface area contributed by atoms with Crippen molar-refractivity contribution in [3.05, 3.63) is 0 Å². The van der Waals surface area contributed by atoms with Crippen molar-refractivity contribution in [2.45, 2.75) is 25.6 Å². The van der Waals surface area contributed by atoms with E-state index in [1.807, 2.05) is 0 Å². The minimum absolute atomic E-state index is 0.0911. The Bertz CT molecular complexity index is 278. The van der Waals surface area contributed by atoms with Gasteiger partial charge in [-0.25, -0.2) is 0 Å². The lowest BCUT2D eigenvalue weighted by atomic mass is 10.3. The second-order valence-corrected chi connectivity index (χ2v) is 3.41. The number of hydrogen-bond donors (Lipinski definition) is 1. The minimum atomic E-state index is -4.43. The van der Waals surface area contributed by atoms with Crippen molar-refractivity contribution in [3.63, 3.8) is 0 Å². The van der Waals surface area contributed by atoms with E-state index >= 15 is 0 Å². The van der Waals surface area contributed by atoms with E-state index in [0.29, 0.717) is 4.90 Å². The normalized spacial score (nSPS) is 23.7. The molecule has 1 saturated heterocycles. The van der Waals surface area contributed by atoms with E-state index in [2.05, 4.69) is 5.32 Å². The van der Waals surface area contributed by atoms with Crippen LogP contribution in [0.15, 0.2) is 0 Å². The van der Waals surface area contributed by atoms with Crippen molar-refractivity contribution in [2.75, 3.05) is 13.1 Å². The molecule has 1 atom stereocenters. The number of halogens is 3. The molecule has 0 aromatic carbocycles. The molecule has 7 heteroatoms. The highest BCUT2D eigenvalue weighted by atomic mass is 19.4. The second-order valence-electron chi connectivity index (χ2n) is 3.41. The highest BCUT2D eigenvalue weighted by molar-refractivity contribution is 5.89. The van der Waals surface area contributed by atoms with Crippen molar-refractivity contribution in [3.8, 4) is 0 Å². The van der Waals surface area contributed by atoms with Gasteiger partial charge >= 0.3 is 6.18 Å². The van der Waals surface area contributed by atoms with E-state index in [4.69, 9.17) is 0 Å². The lowest BCUT2D eigenvalue weighted by Crippen LogP contribution is -2.45. The fourth-order valence-electron chi connectivity index (χ4n) is 1.37. The fourth-order valence-corrected chi connectivity index (χ4v) is 1.37. The molecule has 0 saturated carbocycles. The van der Waals surface area contributed by atoms with Crippen LogP contribution < -0.4 is 5.32 Å². The maximum Gasteiger partial charge on any atom is 0.406 e. The molecule has 1 heterocycles. The molecule has 1 fully saturated rings. The first-order valence-electron chi connectivity index (χ1n) is 4.44. The van der Waals surface area contributed by atoms with Crippen LogP contribution >= 0.6 is 0 Å². The van der Waals surface area contributed by atoms with Gasteiger partial charge in [-0.05, 0) is 6.92 Å². The van der Waals surface area contributed by atoms with Gasteiger partial charge in [0, 0.05) is 13.0 Å². The zero-order valence-corrected chi connectivity index (χ0v) is 8.10. The Balaban J connectivity index is 2.71. The van der Waals surface area contributed by atoms with Crippen LogP contribution in [0.2, 0.25) is 0 Å². The van der Waals surface area contributed by atoms with E-state index in [-0.39, 0.29) is 13.0 Å². The highest BCUT2D eigenvalue weighted by Crippen LogP contribution is 2.18. The van der Waals surface area contributed by atoms with Crippen LogP contribution in [0.5, 0.6) is 0 Å². The summed E-state index contributed by atoms with van der Waals surface area (Å²) in [4.78, 5) is 23.0. The quantitative estimate of drug-likeness (QED) is 0.695. The molecule has 15 heavy (non-hydrogen) atoms. The number of carbonyl (C=O) groups excluding carboxylic acids is 2. The molecular weight excluding hydrogens is 213 g/mol. The van der Waals surface area contributed by atoms with E-state index in [0.717, 1.165) is 0 Å². The Hall–Kier alpha value is -1.27. The molecule has 0 aliphatic carbocycles. The lowest BCUT2D eigenvalue weighted by molar-refractivity contribution is -0.161. The molecule has 0 aromatic rings. The molecule has 0 spiro atoms. The van der Waals surface area contributed by atoms with E-state index < -0.39 is 30.6 Å². The summed E-state index contributed by atoms with van der Waals surface area (Å²) in [5.41, 5.74) is 0. The summed E-state index contributed by atoms with van der Waals surface area (Å²) in [6.45, 7) is -0.116. The molecule has 1 unspecified atom stereocenters. The van der Waals surface area contributed by atoms with E-state index in [1.165, 1.54) is 6.92 Å². The number of carbonyl (C=O) groups is 2. The summed E-state index contributed by atoms with van der Waals surface area (Å²) in [6, 6.07) is -0.887. The number of nitrogens with one attached hydrogen (secondary N) is 1. The van der Waals surface area contributed by atoms with Crippen LogP contribution in [0, 0.1) is 0 Å². The van der Waals surface area contributed by atoms with Crippen LogP contribution in [0.4, 0.5) is 13.2 Å². The summed E-state index contributed by atoms with van der Waals surface area (Å²) in [5, 5.41) is 2.31. The Morgan fingerprint density at radius 1 is 1.47 bits per heavy atom. The third kappa shape index (κ3) is 3.41. The lowest BCUT2D eigenvalue weighted by Gasteiger charge is -2.23.